The van der Waals surface area contributed by atoms with Crippen LogP contribution in [0.3, 0.4) is 0 Å². The van der Waals surface area contributed by atoms with Crippen LogP contribution in [0.15, 0.2) is 35.7 Å². The number of nitrogens with two attached hydrogens (primary N) is 3. The third kappa shape index (κ3) is 5.88. The first kappa shape index (κ1) is 28.5. The summed E-state index contributed by atoms with van der Waals surface area (Å²) >= 11 is 5.82. The lowest BCUT2D eigenvalue weighted by Crippen LogP contribution is -2.52. The molecule has 0 fully saturated rings. The molecule has 2 atom stereocenters. The number of anilines is 1. The summed E-state index contributed by atoms with van der Waals surface area (Å²) in [7, 11) is 1.24. The average molecular weight is 554 g/mol. The Bertz CT molecular complexity index is 1340. The Labute approximate surface area is 219 Å². The number of alkyl halides is 1. The van der Waals surface area contributed by atoms with E-state index in [1.54, 1.807) is 6.07 Å². The summed E-state index contributed by atoms with van der Waals surface area (Å²) in [4.78, 5) is 36.0. The maximum Gasteiger partial charge on any atom is 0.348 e. The van der Waals surface area contributed by atoms with Crippen molar-refractivity contribution >= 4 is 46.4 Å². The number of ether oxygens (including phenoxy) is 2. The molecule has 3 rings (SSSR count). The number of amidine groups is 1. The molecule has 38 heavy (non-hydrogen) atoms. The summed E-state index contributed by atoms with van der Waals surface area (Å²) in [5.74, 6) is 7.13. The Hall–Kier alpha value is -4.12. The van der Waals surface area contributed by atoms with Crippen molar-refractivity contribution in [3.8, 4) is 0 Å². The summed E-state index contributed by atoms with van der Waals surface area (Å²) in [6.07, 6.45) is -2.70. The molecule has 2 heterocycles. The van der Waals surface area contributed by atoms with Crippen LogP contribution in [0.4, 0.5) is 10.2 Å². The fourth-order valence-electron chi connectivity index (χ4n) is 3.64. The molecular formula is C21H25ClFN9O6. The number of methoxy groups -OCH3 is 1. The van der Waals surface area contributed by atoms with E-state index in [0.29, 0.717) is 5.56 Å². The van der Waals surface area contributed by atoms with Crippen molar-refractivity contribution < 1.29 is 33.7 Å². The van der Waals surface area contributed by atoms with Gasteiger partial charge in [-0.2, -0.15) is 15.1 Å². The van der Waals surface area contributed by atoms with Gasteiger partial charge in [-0.15, -0.1) is 0 Å². The molecule has 0 bridgehead atoms. The number of halogens is 2. The molecule has 204 valence electrons. The topological polar surface area (TPSA) is 239 Å². The summed E-state index contributed by atoms with van der Waals surface area (Å²) in [6, 6.07) is 6.05. The van der Waals surface area contributed by atoms with E-state index in [9.17, 15) is 19.8 Å². The monoisotopic (exact) mass is 553 g/mol. The first-order valence-corrected chi connectivity index (χ1v) is 11.2. The number of carbonyl (C=O) groups is 2. The lowest BCUT2D eigenvalue weighted by molar-refractivity contribution is -0.188. The number of hydrogen-bond acceptors (Lipinski definition) is 11. The minimum Gasteiger partial charge on any atom is -0.479 e. The fraction of sp³-hybridized carbons (Fsp3) is 0.333. The second-order valence-corrected chi connectivity index (χ2v) is 8.32. The van der Waals surface area contributed by atoms with Crippen LogP contribution in [-0.4, -0.2) is 72.9 Å². The summed E-state index contributed by atoms with van der Waals surface area (Å²) in [5, 5.41) is 23.0. The molecule has 2 aromatic heterocycles. The van der Waals surface area contributed by atoms with E-state index >= 15 is 4.39 Å². The number of benzene rings is 1. The Balaban J connectivity index is 1.81. The molecule has 3 aromatic rings. The molecule has 0 saturated carbocycles. The van der Waals surface area contributed by atoms with E-state index in [0.717, 1.165) is 10.9 Å². The van der Waals surface area contributed by atoms with Crippen LogP contribution in [0.1, 0.15) is 23.8 Å². The summed E-state index contributed by atoms with van der Waals surface area (Å²) in [6.45, 7) is -0.584. The van der Waals surface area contributed by atoms with Gasteiger partial charge in [0.25, 0.3) is 5.60 Å². The number of rotatable bonds is 12. The van der Waals surface area contributed by atoms with E-state index in [4.69, 9.17) is 38.5 Å². The van der Waals surface area contributed by atoms with Gasteiger partial charge >= 0.3 is 11.9 Å². The van der Waals surface area contributed by atoms with Crippen LogP contribution in [0.2, 0.25) is 5.28 Å². The van der Waals surface area contributed by atoms with Crippen molar-refractivity contribution in [2.45, 2.75) is 30.8 Å². The van der Waals surface area contributed by atoms with Crippen LogP contribution < -0.4 is 22.8 Å². The maximum absolute atomic E-state index is 15.2. The molecule has 17 heteroatoms. The van der Waals surface area contributed by atoms with Gasteiger partial charge in [-0.05, 0) is 23.2 Å². The number of imidazole rings is 1. The van der Waals surface area contributed by atoms with Gasteiger partial charge in [0.1, 0.15) is 5.52 Å². The highest BCUT2D eigenvalue weighted by Gasteiger charge is 2.49. The predicted octanol–water partition coefficient (Wildman–Crippen LogP) is 0.186. The Morgan fingerprint density at radius 3 is 2.63 bits per heavy atom. The fourth-order valence-corrected chi connectivity index (χ4v) is 3.81. The number of nitrogen functional groups attached to an aromatic ring is 1. The Morgan fingerprint density at radius 1 is 1.32 bits per heavy atom. The number of nitrogens with one attached hydrogen (secondary N) is 1. The van der Waals surface area contributed by atoms with Gasteiger partial charge in [0.15, 0.2) is 23.6 Å². The van der Waals surface area contributed by atoms with E-state index in [-0.39, 0.29) is 40.1 Å². The molecule has 9 N–H and O–H groups in total. The number of fused-ring (bicyclic) bond motifs is 1. The maximum atomic E-state index is 15.2. The normalized spacial score (nSPS) is 13.8. The lowest BCUT2D eigenvalue weighted by Gasteiger charge is -2.28. The molecule has 15 nitrogen and oxygen atoms in total. The number of hydrazine groups is 1. The highest BCUT2D eigenvalue weighted by Crippen LogP contribution is 2.27. The number of nitrogens with zero attached hydrogens (tertiary/aromatic N) is 5. The lowest BCUT2D eigenvalue weighted by atomic mass is 9.93. The molecule has 0 aliphatic rings. The second-order valence-electron chi connectivity index (χ2n) is 7.98. The average Bonchev–Trinajstić information content (AvgIpc) is 3.30. The van der Waals surface area contributed by atoms with Crippen molar-refractivity contribution in [2.75, 3.05) is 19.5 Å². The smallest absolute Gasteiger partial charge is 0.348 e. The first-order chi connectivity index (χ1) is 18.1. The number of carboxylic acids is 2. The quantitative estimate of drug-likeness (QED) is 0.0438. The molecule has 1 aromatic carbocycles. The molecule has 0 saturated heterocycles. The minimum absolute atomic E-state index is 0.0310. The van der Waals surface area contributed by atoms with Crippen molar-refractivity contribution in [3.05, 3.63) is 47.0 Å². The third-order valence-electron chi connectivity index (χ3n) is 5.64. The van der Waals surface area contributed by atoms with Crippen molar-refractivity contribution in [1.29, 1.82) is 0 Å². The zero-order valence-corrected chi connectivity index (χ0v) is 20.7. The first-order valence-electron chi connectivity index (χ1n) is 10.8. The van der Waals surface area contributed by atoms with Crippen molar-refractivity contribution in [3.63, 3.8) is 0 Å². The zero-order valence-electron chi connectivity index (χ0n) is 19.9. The van der Waals surface area contributed by atoms with Crippen LogP contribution in [0.25, 0.3) is 11.2 Å². The molecular weight excluding hydrogens is 529 g/mol. The summed E-state index contributed by atoms with van der Waals surface area (Å²) < 4.78 is 27.0. The van der Waals surface area contributed by atoms with Gasteiger partial charge in [-0.1, -0.05) is 18.2 Å². The molecule has 2 unspecified atom stereocenters. The zero-order chi connectivity index (χ0) is 28.0. The summed E-state index contributed by atoms with van der Waals surface area (Å²) in [5.41, 5.74) is 6.10. The third-order valence-corrected chi connectivity index (χ3v) is 5.81. The van der Waals surface area contributed by atoms with E-state index in [1.165, 1.54) is 25.3 Å². The molecule has 0 aliphatic carbocycles. The number of hydrazone groups is 1. The highest BCUT2D eigenvalue weighted by molar-refractivity contribution is 6.28. The van der Waals surface area contributed by atoms with Crippen LogP contribution in [-0.2, 0) is 25.5 Å². The van der Waals surface area contributed by atoms with Gasteiger partial charge in [0.2, 0.25) is 5.28 Å². The van der Waals surface area contributed by atoms with Gasteiger partial charge in [-0.3, -0.25) is 4.57 Å². The highest BCUT2D eigenvalue weighted by atomic mass is 35.5. The standard InChI is InChI=1S/C21H25ClFN9O6/c1-37-12(6-13(23)32-9-27-14-15(24)28-20(22)29-17(14)32)8-38-21(18(33)34,19(35)36)7-10-3-2-4-11(5-10)16(30-25)31-26/h2-5,9,12-13H,6-8,25-26H2,1H3,(H,30,31)(H,33,34)(H,35,36)(H2,24,28,29). The largest absolute Gasteiger partial charge is 0.479 e. The number of carboxylic acid groups (broad SMARTS) is 2. The number of aliphatic carboxylic acids is 2. The molecule has 0 amide bonds. The van der Waals surface area contributed by atoms with Gasteiger partial charge in [0.05, 0.1) is 19.0 Å². The number of aromatic nitrogens is 4. The minimum atomic E-state index is -2.73. The van der Waals surface area contributed by atoms with Crippen molar-refractivity contribution in [1.82, 2.24) is 24.9 Å². The predicted molar refractivity (Wildman–Crippen MR) is 132 cm³/mol. The SMILES string of the molecule is COC(COC(Cc1cccc(/C(=N/N)NN)c1)(C(=O)O)C(=O)O)CC(F)n1cnc2c(N)nc(Cl)nc21. The van der Waals surface area contributed by atoms with Gasteiger partial charge in [-0.25, -0.2) is 24.8 Å². The van der Waals surface area contributed by atoms with Crippen LogP contribution in [0, 0.1) is 0 Å². The Kier molecular flexibility index (Phi) is 8.95. The molecule has 0 spiro atoms. The molecule has 0 aliphatic heterocycles. The van der Waals surface area contributed by atoms with Gasteiger partial charge in [0, 0.05) is 25.5 Å². The van der Waals surface area contributed by atoms with E-state index in [1.807, 2.05) is 0 Å². The second kappa shape index (κ2) is 12.0. The Morgan fingerprint density at radius 2 is 2.03 bits per heavy atom. The van der Waals surface area contributed by atoms with Crippen molar-refractivity contribution in [2.24, 2.45) is 16.8 Å². The van der Waals surface area contributed by atoms with E-state index in [2.05, 4.69) is 25.5 Å². The molecule has 0 radical (unpaired) electrons. The van der Waals surface area contributed by atoms with Gasteiger partial charge < -0.3 is 36.7 Å². The van der Waals surface area contributed by atoms with Crippen LogP contribution in [0.5, 0.6) is 0 Å². The van der Waals surface area contributed by atoms with Crippen LogP contribution >= 0.6 is 11.6 Å². The van der Waals surface area contributed by atoms with E-state index < -0.39 is 43.0 Å². The number of hydrogen-bond donors (Lipinski definition) is 6.